The zero-order chi connectivity index (χ0) is 29.9. The minimum atomic E-state index is -1.74. The lowest BCUT2D eigenvalue weighted by Gasteiger charge is -2.38. The molecule has 1 saturated heterocycles. The Balaban J connectivity index is 2.02. The van der Waals surface area contributed by atoms with Gasteiger partial charge in [0.25, 0.3) is 0 Å². The topological polar surface area (TPSA) is 102 Å². The molecule has 4 unspecified atom stereocenters. The Morgan fingerprint density at radius 3 is 1.63 bits per heavy atom. The van der Waals surface area contributed by atoms with Crippen LogP contribution in [0.25, 0.3) is 0 Å². The summed E-state index contributed by atoms with van der Waals surface area (Å²) in [7, 11) is 4.65. The molecule has 1 aliphatic heterocycles. The molecule has 4 rings (SSSR count). The number of likely N-dealkylation sites (tertiary alicyclic amines) is 1. The van der Waals surface area contributed by atoms with Crippen molar-refractivity contribution in [2.75, 3.05) is 21.3 Å². The predicted molar refractivity (Wildman–Crippen MR) is 155 cm³/mol. The number of benzene rings is 3. The number of amides is 1. The van der Waals surface area contributed by atoms with Gasteiger partial charge in [0, 0.05) is 17.9 Å². The van der Waals surface area contributed by atoms with Gasteiger partial charge >= 0.3 is 5.97 Å². The van der Waals surface area contributed by atoms with Crippen molar-refractivity contribution < 1.29 is 33.7 Å². The molecule has 1 fully saturated rings. The molecule has 1 amide bonds. The number of ether oxygens (including phenoxy) is 3. The Hall–Kier alpha value is -4.33. The number of carbonyl (C=O) groups excluding carboxylic acids is 2. The van der Waals surface area contributed by atoms with Crippen molar-refractivity contribution >= 4 is 17.7 Å². The second-order valence-electron chi connectivity index (χ2n) is 10.9. The number of rotatable bonds is 10. The standard InChI is InChI=1S/C33H37NO7/c1-20(2)19-27(35)34-30(22-9-15-25(40-5)16-10-22)28(31(36)23-11-17-26(41-6)18-12-23)29(33(34,3)32(37)38)21-7-13-24(39-4)14-8-21/h7-18,20,28-30H,19H2,1-6H3,(H,37,38). The molecule has 0 radical (unpaired) electrons. The lowest BCUT2D eigenvalue weighted by Crippen LogP contribution is -2.54. The zero-order valence-corrected chi connectivity index (χ0v) is 24.3. The quantitative estimate of drug-likeness (QED) is 0.315. The first-order valence-corrected chi connectivity index (χ1v) is 13.6. The molecular formula is C33H37NO7. The maximum Gasteiger partial charge on any atom is 0.330 e. The third kappa shape index (κ3) is 5.51. The Morgan fingerprint density at radius 1 is 0.780 bits per heavy atom. The molecule has 8 nitrogen and oxygen atoms in total. The third-order valence-corrected chi connectivity index (χ3v) is 7.98. The van der Waals surface area contributed by atoms with E-state index in [4.69, 9.17) is 14.2 Å². The average Bonchev–Trinajstić information content (AvgIpc) is 3.26. The highest BCUT2D eigenvalue weighted by Crippen LogP contribution is 2.57. The second-order valence-corrected chi connectivity index (χ2v) is 10.9. The van der Waals surface area contributed by atoms with Crippen molar-refractivity contribution in [2.45, 2.75) is 44.7 Å². The SMILES string of the molecule is COc1ccc(C(=O)C2C(c3ccc(OC)cc3)N(C(=O)CC(C)C)C(C)(C(=O)O)C2c2ccc(OC)cc2)cc1. The minimum absolute atomic E-state index is 0.0205. The number of hydrogen-bond acceptors (Lipinski definition) is 6. The number of aliphatic carboxylic acids is 1. The number of methoxy groups -OCH3 is 3. The van der Waals surface area contributed by atoms with Crippen molar-refractivity contribution in [3.63, 3.8) is 0 Å². The molecule has 0 spiro atoms. The van der Waals surface area contributed by atoms with E-state index >= 15 is 0 Å². The van der Waals surface area contributed by atoms with Gasteiger partial charge in [0.2, 0.25) is 5.91 Å². The summed E-state index contributed by atoms with van der Waals surface area (Å²) >= 11 is 0. The molecule has 8 heteroatoms. The van der Waals surface area contributed by atoms with E-state index < -0.39 is 29.4 Å². The van der Waals surface area contributed by atoms with Crippen LogP contribution >= 0.6 is 0 Å². The van der Waals surface area contributed by atoms with Gasteiger partial charge in [0.1, 0.15) is 22.8 Å². The minimum Gasteiger partial charge on any atom is -0.497 e. The number of carbonyl (C=O) groups is 3. The first kappa shape index (κ1) is 29.6. The number of hydrogen-bond donors (Lipinski definition) is 1. The molecule has 0 bridgehead atoms. The molecule has 3 aromatic rings. The van der Waals surface area contributed by atoms with E-state index in [1.807, 2.05) is 13.8 Å². The van der Waals surface area contributed by atoms with Gasteiger partial charge in [-0.2, -0.15) is 0 Å². The molecule has 0 aliphatic carbocycles. The van der Waals surface area contributed by atoms with Gasteiger partial charge in [0.05, 0.1) is 33.3 Å². The molecule has 0 aromatic heterocycles. The largest absolute Gasteiger partial charge is 0.497 e. The van der Waals surface area contributed by atoms with E-state index in [1.165, 1.54) is 4.90 Å². The van der Waals surface area contributed by atoms with E-state index in [0.29, 0.717) is 33.9 Å². The highest BCUT2D eigenvalue weighted by molar-refractivity contribution is 6.02. The van der Waals surface area contributed by atoms with Crippen LogP contribution in [0.15, 0.2) is 72.8 Å². The van der Waals surface area contributed by atoms with Gasteiger partial charge in [-0.05, 0) is 72.5 Å². The summed E-state index contributed by atoms with van der Waals surface area (Å²) in [5, 5.41) is 10.9. The highest BCUT2D eigenvalue weighted by Gasteiger charge is 2.64. The van der Waals surface area contributed by atoms with Crippen LogP contribution in [0.4, 0.5) is 0 Å². The molecule has 3 aromatic carbocycles. The molecule has 0 saturated carbocycles. The normalized spacial score (nSPS) is 21.9. The summed E-state index contributed by atoms with van der Waals surface area (Å²) in [6, 6.07) is 20.1. The molecule has 41 heavy (non-hydrogen) atoms. The van der Waals surface area contributed by atoms with Gasteiger partial charge in [-0.1, -0.05) is 38.1 Å². The summed E-state index contributed by atoms with van der Waals surface area (Å²) in [5.41, 5.74) is -0.0595. The molecular weight excluding hydrogens is 522 g/mol. The van der Waals surface area contributed by atoms with Crippen molar-refractivity contribution in [2.24, 2.45) is 11.8 Å². The van der Waals surface area contributed by atoms with Crippen LogP contribution < -0.4 is 14.2 Å². The fourth-order valence-corrected chi connectivity index (χ4v) is 5.97. The predicted octanol–water partition coefficient (Wildman–Crippen LogP) is 5.77. The van der Waals surface area contributed by atoms with E-state index in [-0.39, 0.29) is 24.0 Å². The first-order valence-electron chi connectivity index (χ1n) is 13.6. The highest BCUT2D eigenvalue weighted by atomic mass is 16.5. The second kappa shape index (κ2) is 12.0. The van der Waals surface area contributed by atoms with Gasteiger partial charge in [-0.3, -0.25) is 9.59 Å². The van der Waals surface area contributed by atoms with Crippen LogP contribution in [-0.2, 0) is 9.59 Å². The lowest BCUT2D eigenvalue weighted by atomic mass is 9.71. The van der Waals surface area contributed by atoms with Gasteiger partial charge in [-0.15, -0.1) is 0 Å². The van der Waals surface area contributed by atoms with Crippen molar-refractivity contribution in [1.82, 2.24) is 4.90 Å². The molecule has 216 valence electrons. The summed E-state index contributed by atoms with van der Waals surface area (Å²) in [6.45, 7) is 5.38. The van der Waals surface area contributed by atoms with Gasteiger partial charge in [-0.25, -0.2) is 4.79 Å². The number of carboxylic acid groups (broad SMARTS) is 1. The fourth-order valence-electron chi connectivity index (χ4n) is 5.97. The fraction of sp³-hybridized carbons (Fsp3) is 0.364. The number of ketones is 1. The van der Waals surface area contributed by atoms with Crippen molar-refractivity contribution in [1.29, 1.82) is 0 Å². The van der Waals surface area contributed by atoms with Crippen molar-refractivity contribution in [3.05, 3.63) is 89.5 Å². The third-order valence-electron chi connectivity index (χ3n) is 7.98. The maximum atomic E-state index is 14.5. The van der Waals surface area contributed by atoms with Crippen LogP contribution in [0.5, 0.6) is 17.2 Å². The van der Waals surface area contributed by atoms with E-state index in [0.717, 1.165) is 0 Å². The molecule has 1 heterocycles. The first-order chi connectivity index (χ1) is 19.6. The molecule has 1 aliphatic rings. The van der Waals surface area contributed by atoms with Crippen LogP contribution in [0.3, 0.4) is 0 Å². The smallest absolute Gasteiger partial charge is 0.330 e. The summed E-state index contributed by atoms with van der Waals surface area (Å²) in [5.74, 6) is -1.77. The summed E-state index contributed by atoms with van der Waals surface area (Å²) in [4.78, 5) is 43.4. The van der Waals surface area contributed by atoms with Crippen LogP contribution in [0, 0.1) is 11.8 Å². The Bertz CT molecular complexity index is 1380. The van der Waals surface area contributed by atoms with Gasteiger partial charge < -0.3 is 24.2 Å². The Morgan fingerprint density at radius 2 is 1.22 bits per heavy atom. The molecule has 1 N–H and O–H groups in total. The summed E-state index contributed by atoms with van der Waals surface area (Å²) in [6.07, 6.45) is 0.133. The zero-order valence-electron chi connectivity index (χ0n) is 24.3. The van der Waals surface area contributed by atoms with Crippen molar-refractivity contribution in [3.8, 4) is 17.2 Å². The number of nitrogens with zero attached hydrogens (tertiary/aromatic N) is 1. The Kier molecular flexibility index (Phi) is 8.71. The average molecular weight is 560 g/mol. The van der Waals surface area contributed by atoms with E-state index in [9.17, 15) is 19.5 Å². The number of carboxylic acids is 1. The summed E-state index contributed by atoms with van der Waals surface area (Å²) < 4.78 is 16.0. The monoisotopic (exact) mass is 559 g/mol. The molecule has 4 atom stereocenters. The van der Waals surface area contributed by atoms with Crippen LogP contribution in [-0.4, -0.2) is 54.5 Å². The number of Topliss-reactive ketones (excluding diaryl/α,β-unsaturated/α-hetero) is 1. The maximum absolute atomic E-state index is 14.5. The lowest BCUT2D eigenvalue weighted by molar-refractivity contribution is -0.158. The van der Waals surface area contributed by atoms with Gasteiger partial charge in [0.15, 0.2) is 5.78 Å². The van der Waals surface area contributed by atoms with E-state index in [1.54, 1.807) is 101 Å². The van der Waals surface area contributed by atoms with Crippen LogP contribution in [0.2, 0.25) is 0 Å². The van der Waals surface area contributed by atoms with Crippen LogP contribution in [0.1, 0.15) is 60.6 Å². The Labute approximate surface area is 240 Å². The van der Waals surface area contributed by atoms with E-state index in [2.05, 4.69) is 0 Å².